The number of carbonyl (C=O) groups excluding carboxylic acids is 1. The largest absolute Gasteiger partial charge is 0.484 e. The van der Waals surface area contributed by atoms with Crippen molar-refractivity contribution in [2.75, 3.05) is 11.1 Å². The number of anilines is 1. The Kier molecular flexibility index (Phi) is 5.79. The number of rotatable bonds is 7. The molecule has 10 heteroatoms. The molecular weight excluding hydrogens is 378 g/mol. The molecule has 1 aromatic carbocycles. The summed E-state index contributed by atoms with van der Waals surface area (Å²) < 4.78 is 12.6. The zero-order valence-corrected chi connectivity index (χ0v) is 15.7. The van der Waals surface area contributed by atoms with Gasteiger partial charge in [-0.3, -0.25) is 9.48 Å². The number of aromatic nitrogens is 4. The molecular formula is C16H16ClN5O3S. The molecule has 3 rings (SSSR count). The molecule has 2 heterocycles. The second-order valence-electron chi connectivity index (χ2n) is 5.34. The Hall–Kier alpha value is -2.52. The molecule has 26 heavy (non-hydrogen) atoms. The zero-order valence-electron chi connectivity index (χ0n) is 14.1. The summed E-state index contributed by atoms with van der Waals surface area (Å²) in [5.74, 6) is 1.56. The van der Waals surface area contributed by atoms with E-state index in [0.717, 1.165) is 17.5 Å². The number of benzene rings is 1. The molecule has 136 valence electrons. The molecule has 0 aliphatic heterocycles. The molecule has 0 saturated carbocycles. The van der Waals surface area contributed by atoms with E-state index < -0.39 is 0 Å². The van der Waals surface area contributed by atoms with E-state index in [2.05, 4.69) is 20.6 Å². The van der Waals surface area contributed by atoms with Crippen molar-refractivity contribution in [1.29, 1.82) is 0 Å². The van der Waals surface area contributed by atoms with Gasteiger partial charge in [-0.1, -0.05) is 23.4 Å². The third-order valence-electron chi connectivity index (χ3n) is 3.22. The number of halogens is 1. The first-order chi connectivity index (χ1) is 12.5. The van der Waals surface area contributed by atoms with Crippen LogP contribution in [0.4, 0.5) is 5.82 Å². The highest BCUT2D eigenvalue weighted by molar-refractivity contribution is 7.99. The number of amides is 1. The predicted molar refractivity (Wildman–Crippen MR) is 97.4 cm³/mol. The van der Waals surface area contributed by atoms with Gasteiger partial charge in [0.2, 0.25) is 5.91 Å². The summed E-state index contributed by atoms with van der Waals surface area (Å²) in [6.07, 6.45) is 0. The van der Waals surface area contributed by atoms with Gasteiger partial charge in [0, 0.05) is 18.1 Å². The van der Waals surface area contributed by atoms with E-state index in [9.17, 15) is 4.79 Å². The zero-order chi connectivity index (χ0) is 18.5. The van der Waals surface area contributed by atoms with E-state index in [4.69, 9.17) is 20.8 Å². The summed E-state index contributed by atoms with van der Waals surface area (Å²) in [5, 5.41) is 15.7. The Morgan fingerprint density at radius 3 is 2.81 bits per heavy atom. The van der Waals surface area contributed by atoms with Gasteiger partial charge in [-0.15, -0.1) is 10.2 Å². The minimum absolute atomic E-state index is 0.135. The number of nitrogens with one attached hydrogen (secondary N) is 1. The van der Waals surface area contributed by atoms with E-state index in [0.29, 0.717) is 27.7 Å². The molecule has 0 aliphatic carbocycles. The molecule has 8 nitrogen and oxygen atoms in total. The van der Waals surface area contributed by atoms with Crippen LogP contribution in [-0.2, 0) is 18.4 Å². The van der Waals surface area contributed by atoms with Crippen molar-refractivity contribution in [3.63, 3.8) is 0 Å². The Labute approximate surface area is 158 Å². The van der Waals surface area contributed by atoms with Crippen LogP contribution in [-0.4, -0.2) is 31.6 Å². The number of hydrogen-bond acceptors (Lipinski definition) is 7. The number of nitrogens with zero attached hydrogens (tertiary/aromatic N) is 4. The summed E-state index contributed by atoms with van der Waals surface area (Å²) in [7, 11) is 1.76. The standard InChI is InChI=1S/C16H16ClN5O3S/c1-10-7-13(22(2)21-10)18-14(23)9-26-16-20-19-15(25-16)8-24-12-5-3-11(17)4-6-12/h3-7H,8-9H2,1-2H3,(H,18,23). The quantitative estimate of drug-likeness (QED) is 0.616. The molecule has 0 bridgehead atoms. The van der Waals surface area contributed by atoms with Crippen LogP contribution in [0.25, 0.3) is 0 Å². The molecule has 2 aromatic heterocycles. The Balaban J connectivity index is 1.46. The van der Waals surface area contributed by atoms with Crippen LogP contribution in [0.2, 0.25) is 5.02 Å². The van der Waals surface area contributed by atoms with Crippen LogP contribution in [0.3, 0.4) is 0 Å². The topological polar surface area (TPSA) is 95.1 Å². The van der Waals surface area contributed by atoms with Gasteiger partial charge in [0.15, 0.2) is 6.61 Å². The first-order valence-corrected chi connectivity index (χ1v) is 9.00. The summed E-state index contributed by atoms with van der Waals surface area (Å²) >= 11 is 6.97. The highest BCUT2D eigenvalue weighted by Gasteiger charge is 2.12. The van der Waals surface area contributed by atoms with Gasteiger partial charge in [0.05, 0.1) is 11.4 Å². The van der Waals surface area contributed by atoms with Gasteiger partial charge in [0.1, 0.15) is 11.6 Å². The molecule has 0 fully saturated rings. The summed E-state index contributed by atoms with van der Waals surface area (Å²) in [6.45, 7) is 1.99. The van der Waals surface area contributed by atoms with Gasteiger partial charge in [-0.2, -0.15) is 5.10 Å². The van der Waals surface area contributed by atoms with Crippen LogP contribution in [0.5, 0.6) is 5.75 Å². The molecule has 0 unspecified atom stereocenters. The Morgan fingerprint density at radius 2 is 2.12 bits per heavy atom. The van der Waals surface area contributed by atoms with E-state index in [1.165, 1.54) is 0 Å². The van der Waals surface area contributed by atoms with Crippen molar-refractivity contribution < 1.29 is 13.9 Å². The van der Waals surface area contributed by atoms with Crippen LogP contribution < -0.4 is 10.1 Å². The monoisotopic (exact) mass is 393 g/mol. The van der Waals surface area contributed by atoms with Crippen molar-refractivity contribution in [3.05, 3.63) is 46.9 Å². The number of aryl methyl sites for hydroxylation is 2. The third-order valence-corrected chi connectivity index (χ3v) is 4.29. The molecule has 0 saturated heterocycles. The van der Waals surface area contributed by atoms with Gasteiger partial charge in [-0.05, 0) is 31.2 Å². The summed E-state index contributed by atoms with van der Waals surface area (Å²) in [4.78, 5) is 12.0. The Morgan fingerprint density at radius 1 is 1.35 bits per heavy atom. The lowest BCUT2D eigenvalue weighted by atomic mass is 10.3. The van der Waals surface area contributed by atoms with Crippen LogP contribution in [0, 0.1) is 6.92 Å². The lowest BCUT2D eigenvalue weighted by Gasteiger charge is -2.03. The minimum atomic E-state index is -0.185. The van der Waals surface area contributed by atoms with Gasteiger partial charge in [-0.25, -0.2) is 0 Å². The maximum absolute atomic E-state index is 12.0. The number of ether oxygens (including phenoxy) is 1. The normalized spacial score (nSPS) is 10.7. The summed E-state index contributed by atoms with van der Waals surface area (Å²) in [6, 6.07) is 8.75. The van der Waals surface area contributed by atoms with Gasteiger partial charge < -0.3 is 14.5 Å². The van der Waals surface area contributed by atoms with Crippen molar-refractivity contribution in [2.45, 2.75) is 18.8 Å². The smallest absolute Gasteiger partial charge is 0.277 e. The maximum atomic E-state index is 12.0. The van der Waals surface area contributed by atoms with Crippen molar-refractivity contribution in [2.24, 2.45) is 7.05 Å². The average molecular weight is 394 g/mol. The van der Waals surface area contributed by atoms with Crippen LogP contribution in [0.15, 0.2) is 40.0 Å². The summed E-state index contributed by atoms with van der Waals surface area (Å²) in [5.41, 5.74) is 0.831. The molecule has 3 aromatic rings. The fourth-order valence-corrected chi connectivity index (χ4v) is 2.77. The lowest BCUT2D eigenvalue weighted by Crippen LogP contribution is -2.16. The minimum Gasteiger partial charge on any atom is -0.484 e. The van der Waals surface area contributed by atoms with E-state index in [1.807, 2.05) is 6.92 Å². The number of carbonyl (C=O) groups is 1. The molecule has 1 N–H and O–H groups in total. The fraction of sp³-hybridized carbons (Fsp3) is 0.250. The van der Waals surface area contributed by atoms with Crippen molar-refractivity contribution in [1.82, 2.24) is 20.0 Å². The first-order valence-electron chi connectivity index (χ1n) is 7.63. The van der Waals surface area contributed by atoms with Gasteiger partial charge >= 0.3 is 0 Å². The first kappa shape index (κ1) is 18.3. The molecule has 1 amide bonds. The average Bonchev–Trinajstić information content (AvgIpc) is 3.19. The second kappa shape index (κ2) is 8.24. The van der Waals surface area contributed by atoms with E-state index in [-0.39, 0.29) is 18.3 Å². The molecule has 0 spiro atoms. The molecule has 0 radical (unpaired) electrons. The third kappa shape index (κ3) is 4.99. The van der Waals surface area contributed by atoms with Gasteiger partial charge in [0.25, 0.3) is 11.1 Å². The molecule has 0 atom stereocenters. The second-order valence-corrected chi connectivity index (χ2v) is 6.70. The number of hydrogen-bond donors (Lipinski definition) is 1. The fourth-order valence-electron chi connectivity index (χ4n) is 2.06. The van der Waals surface area contributed by atoms with E-state index in [1.54, 1.807) is 42.1 Å². The number of thioether (sulfide) groups is 1. The highest BCUT2D eigenvalue weighted by Crippen LogP contribution is 2.19. The van der Waals surface area contributed by atoms with Crippen LogP contribution in [0.1, 0.15) is 11.6 Å². The predicted octanol–water partition coefficient (Wildman–Crippen LogP) is 3.07. The van der Waals surface area contributed by atoms with Crippen molar-refractivity contribution >= 4 is 35.1 Å². The lowest BCUT2D eigenvalue weighted by molar-refractivity contribution is -0.113. The highest BCUT2D eigenvalue weighted by atomic mass is 35.5. The molecule has 0 aliphatic rings. The van der Waals surface area contributed by atoms with Crippen molar-refractivity contribution in [3.8, 4) is 5.75 Å². The van der Waals surface area contributed by atoms with E-state index >= 15 is 0 Å². The maximum Gasteiger partial charge on any atom is 0.277 e. The van der Waals surface area contributed by atoms with Crippen LogP contribution >= 0.6 is 23.4 Å². The SMILES string of the molecule is Cc1cc(NC(=O)CSc2nnc(COc3ccc(Cl)cc3)o2)n(C)n1. The Bertz CT molecular complexity index is 894.